The van der Waals surface area contributed by atoms with Gasteiger partial charge in [0, 0.05) is 12.1 Å². The molecule has 1 rings (SSSR count). The van der Waals surface area contributed by atoms with Crippen molar-refractivity contribution in [1.82, 2.24) is 5.32 Å². The third-order valence-electron chi connectivity index (χ3n) is 3.15. The van der Waals surface area contributed by atoms with Gasteiger partial charge in [0.2, 0.25) is 0 Å². The summed E-state index contributed by atoms with van der Waals surface area (Å²) in [5.74, 6) is -0.293. The van der Waals surface area contributed by atoms with E-state index >= 15 is 0 Å². The van der Waals surface area contributed by atoms with Gasteiger partial charge in [-0.1, -0.05) is 26.7 Å². The molecule has 0 aliphatic carbocycles. The third-order valence-corrected chi connectivity index (χ3v) is 3.15. The predicted octanol–water partition coefficient (Wildman–Crippen LogP) is 3.92. The van der Waals surface area contributed by atoms with Crippen molar-refractivity contribution in [2.45, 2.75) is 45.6 Å². The molecule has 0 radical (unpaired) electrons. The van der Waals surface area contributed by atoms with Crippen LogP contribution >= 0.6 is 0 Å². The zero-order valence-corrected chi connectivity index (χ0v) is 11.5. The Hall–Kier alpha value is -0.960. The van der Waals surface area contributed by atoms with Gasteiger partial charge in [0.25, 0.3) is 0 Å². The highest BCUT2D eigenvalue weighted by molar-refractivity contribution is 5.18. The Labute approximate surface area is 109 Å². The van der Waals surface area contributed by atoms with E-state index in [1.54, 1.807) is 0 Å². The molecule has 0 aliphatic heterocycles. The minimum Gasteiger partial charge on any atom is -0.317 e. The molecule has 1 atom stereocenters. The van der Waals surface area contributed by atoms with Crippen LogP contribution in [0, 0.1) is 17.6 Å². The lowest BCUT2D eigenvalue weighted by Gasteiger charge is -2.17. The molecular formula is C15H23F2N. The summed E-state index contributed by atoms with van der Waals surface area (Å²) >= 11 is 0. The zero-order valence-electron chi connectivity index (χ0n) is 11.5. The number of benzene rings is 1. The van der Waals surface area contributed by atoms with Gasteiger partial charge in [-0.2, -0.15) is 0 Å². The molecule has 1 aromatic rings. The summed E-state index contributed by atoms with van der Waals surface area (Å²) in [6.07, 6.45) is 4.03. The molecule has 0 saturated carbocycles. The van der Waals surface area contributed by atoms with Gasteiger partial charge in [-0.3, -0.25) is 0 Å². The molecule has 3 heteroatoms. The quantitative estimate of drug-likeness (QED) is 0.778. The van der Waals surface area contributed by atoms with E-state index in [0.717, 1.165) is 24.5 Å². The van der Waals surface area contributed by atoms with E-state index < -0.39 is 11.6 Å². The molecule has 0 aromatic heterocycles. The van der Waals surface area contributed by atoms with E-state index in [-0.39, 0.29) is 6.04 Å². The van der Waals surface area contributed by atoms with Crippen molar-refractivity contribution in [1.29, 1.82) is 0 Å². The predicted molar refractivity (Wildman–Crippen MR) is 71.6 cm³/mol. The second kappa shape index (κ2) is 7.47. The van der Waals surface area contributed by atoms with Crippen molar-refractivity contribution >= 4 is 0 Å². The van der Waals surface area contributed by atoms with Crippen LogP contribution in [0.1, 0.15) is 38.7 Å². The Morgan fingerprint density at radius 1 is 1.06 bits per heavy atom. The van der Waals surface area contributed by atoms with Crippen molar-refractivity contribution in [3.63, 3.8) is 0 Å². The van der Waals surface area contributed by atoms with Crippen LogP contribution in [0.15, 0.2) is 18.2 Å². The standard InChI is InChI=1S/C15H23F2N/c1-11(2)5-4-6-15(18-3)9-12-7-13(16)10-14(17)8-12/h7-8,10-11,15,18H,4-6,9H2,1-3H3. The summed E-state index contributed by atoms with van der Waals surface area (Å²) in [6.45, 7) is 4.41. The lowest BCUT2D eigenvalue weighted by molar-refractivity contribution is 0.456. The largest absolute Gasteiger partial charge is 0.317 e. The molecule has 0 aliphatic rings. The molecule has 102 valence electrons. The van der Waals surface area contributed by atoms with E-state index in [4.69, 9.17) is 0 Å². The molecule has 0 bridgehead atoms. The average Bonchev–Trinajstić information content (AvgIpc) is 2.25. The van der Waals surface area contributed by atoms with Gasteiger partial charge >= 0.3 is 0 Å². The number of rotatable bonds is 7. The van der Waals surface area contributed by atoms with Gasteiger partial charge in [0.1, 0.15) is 11.6 Å². The summed E-state index contributed by atoms with van der Waals surface area (Å²) in [5, 5.41) is 3.22. The third kappa shape index (κ3) is 5.58. The highest BCUT2D eigenvalue weighted by Crippen LogP contribution is 2.14. The van der Waals surface area contributed by atoms with E-state index in [0.29, 0.717) is 12.3 Å². The van der Waals surface area contributed by atoms with Crippen LogP contribution in [-0.4, -0.2) is 13.1 Å². The van der Waals surface area contributed by atoms with Gasteiger partial charge in [-0.25, -0.2) is 8.78 Å². The Balaban J connectivity index is 2.51. The fourth-order valence-corrected chi connectivity index (χ4v) is 2.13. The van der Waals surface area contributed by atoms with Gasteiger partial charge in [-0.05, 0) is 43.5 Å². The second-order valence-corrected chi connectivity index (χ2v) is 5.29. The molecule has 0 amide bonds. The molecule has 0 fully saturated rings. The molecule has 0 saturated heterocycles. The second-order valence-electron chi connectivity index (χ2n) is 5.29. The minimum absolute atomic E-state index is 0.282. The Morgan fingerprint density at radius 2 is 1.67 bits per heavy atom. The van der Waals surface area contributed by atoms with Gasteiger partial charge in [-0.15, -0.1) is 0 Å². The van der Waals surface area contributed by atoms with E-state index in [1.807, 2.05) is 7.05 Å². The van der Waals surface area contributed by atoms with Gasteiger partial charge in [0.05, 0.1) is 0 Å². The van der Waals surface area contributed by atoms with Crippen molar-refractivity contribution in [3.8, 4) is 0 Å². The number of likely N-dealkylation sites (N-methyl/N-ethyl adjacent to an activating group) is 1. The first kappa shape index (κ1) is 15.1. The summed E-state index contributed by atoms with van der Waals surface area (Å²) in [4.78, 5) is 0. The Bertz CT molecular complexity index is 343. The molecule has 1 unspecified atom stereocenters. The van der Waals surface area contributed by atoms with E-state index in [2.05, 4.69) is 19.2 Å². The molecule has 1 N–H and O–H groups in total. The maximum atomic E-state index is 13.1. The lowest BCUT2D eigenvalue weighted by Crippen LogP contribution is -2.27. The monoisotopic (exact) mass is 255 g/mol. The number of nitrogens with one attached hydrogen (secondary N) is 1. The number of hydrogen-bond acceptors (Lipinski definition) is 1. The highest BCUT2D eigenvalue weighted by Gasteiger charge is 2.09. The smallest absolute Gasteiger partial charge is 0.126 e. The SMILES string of the molecule is CNC(CCCC(C)C)Cc1cc(F)cc(F)c1. The molecule has 0 spiro atoms. The molecule has 18 heavy (non-hydrogen) atoms. The average molecular weight is 255 g/mol. The molecule has 1 aromatic carbocycles. The fraction of sp³-hybridized carbons (Fsp3) is 0.600. The van der Waals surface area contributed by atoms with E-state index in [9.17, 15) is 8.78 Å². The zero-order chi connectivity index (χ0) is 13.5. The molecular weight excluding hydrogens is 232 g/mol. The van der Waals surface area contributed by atoms with Crippen molar-refractivity contribution in [2.24, 2.45) is 5.92 Å². The van der Waals surface area contributed by atoms with Crippen LogP contribution in [0.5, 0.6) is 0 Å². The summed E-state index contributed by atoms with van der Waals surface area (Å²) in [6, 6.07) is 4.02. The van der Waals surface area contributed by atoms with E-state index in [1.165, 1.54) is 18.6 Å². The number of hydrogen-bond donors (Lipinski definition) is 1. The first-order valence-corrected chi connectivity index (χ1v) is 6.63. The van der Waals surface area contributed by atoms with Crippen molar-refractivity contribution in [2.75, 3.05) is 7.05 Å². The van der Waals surface area contributed by atoms with Crippen LogP contribution in [-0.2, 0) is 6.42 Å². The Kier molecular flexibility index (Phi) is 6.27. The maximum absolute atomic E-state index is 13.1. The fourth-order valence-electron chi connectivity index (χ4n) is 2.13. The maximum Gasteiger partial charge on any atom is 0.126 e. The minimum atomic E-state index is -0.498. The summed E-state index contributed by atoms with van der Waals surface area (Å²) in [5.41, 5.74) is 0.719. The lowest BCUT2D eigenvalue weighted by atomic mass is 9.98. The first-order chi connectivity index (χ1) is 8.51. The van der Waals surface area contributed by atoms with Gasteiger partial charge < -0.3 is 5.32 Å². The normalized spacial score (nSPS) is 13.0. The van der Waals surface area contributed by atoms with Crippen LogP contribution in [0.3, 0.4) is 0 Å². The first-order valence-electron chi connectivity index (χ1n) is 6.63. The van der Waals surface area contributed by atoms with Crippen LogP contribution in [0.25, 0.3) is 0 Å². The van der Waals surface area contributed by atoms with Gasteiger partial charge in [0.15, 0.2) is 0 Å². The van der Waals surface area contributed by atoms with Crippen molar-refractivity contribution < 1.29 is 8.78 Å². The highest BCUT2D eigenvalue weighted by atomic mass is 19.1. The molecule has 1 nitrogen and oxygen atoms in total. The summed E-state index contributed by atoms with van der Waals surface area (Å²) < 4.78 is 26.2. The number of halogens is 2. The van der Waals surface area contributed by atoms with Crippen molar-refractivity contribution in [3.05, 3.63) is 35.4 Å². The van der Waals surface area contributed by atoms with Crippen LogP contribution in [0.2, 0.25) is 0 Å². The molecule has 0 heterocycles. The Morgan fingerprint density at radius 3 is 2.17 bits per heavy atom. The van der Waals surface area contributed by atoms with Crippen LogP contribution < -0.4 is 5.32 Å². The van der Waals surface area contributed by atoms with Crippen LogP contribution in [0.4, 0.5) is 8.78 Å². The topological polar surface area (TPSA) is 12.0 Å². The summed E-state index contributed by atoms with van der Waals surface area (Å²) in [7, 11) is 1.90.